The predicted octanol–water partition coefficient (Wildman–Crippen LogP) is 2.88. The number of aromatic nitrogens is 1. The number of nitrogens with one attached hydrogen (secondary N) is 1. The van der Waals surface area contributed by atoms with E-state index in [9.17, 15) is 0 Å². The highest BCUT2D eigenvalue weighted by atomic mass is 14.9. The quantitative estimate of drug-likeness (QED) is 0.867. The zero-order valence-electron chi connectivity index (χ0n) is 9.81. The van der Waals surface area contributed by atoms with Gasteiger partial charge in [0, 0.05) is 6.20 Å². The first-order valence-corrected chi connectivity index (χ1v) is 5.37. The molecule has 0 saturated carbocycles. The zero-order valence-corrected chi connectivity index (χ0v) is 9.81. The molecule has 0 radical (unpaired) electrons. The Morgan fingerprint density at radius 1 is 1.11 bits per heavy atom. The maximum atomic E-state index is 9.13. The number of hydrogen-bond donors (Lipinski definition) is 1. The number of nitrogens with zero attached hydrogens (tertiary/aromatic N) is 3. The van der Waals surface area contributed by atoms with Gasteiger partial charge in [-0.1, -0.05) is 12.1 Å². The number of pyridine rings is 1. The van der Waals surface area contributed by atoms with Crippen LogP contribution in [0.4, 0.5) is 11.4 Å². The Kier molecular flexibility index (Phi) is 3.22. The van der Waals surface area contributed by atoms with Crippen molar-refractivity contribution >= 4 is 11.4 Å². The highest BCUT2D eigenvalue weighted by molar-refractivity contribution is 5.71. The van der Waals surface area contributed by atoms with E-state index in [0.29, 0.717) is 22.5 Å². The van der Waals surface area contributed by atoms with Crippen molar-refractivity contribution in [2.24, 2.45) is 0 Å². The lowest BCUT2D eigenvalue weighted by atomic mass is 10.1. The van der Waals surface area contributed by atoms with E-state index in [-0.39, 0.29) is 0 Å². The van der Waals surface area contributed by atoms with E-state index in [1.54, 1.807) is 24.5 Å². The van der Waals surface area contributed by atoms with Crippen LogP contribution in [-0.2, 0) is 0 Å². The molecule has 4 heteroatoms. The first kappa shape index (κ1) is 11.6. The molecule has 1 aromatic heterocycles. The van der Waals surface area contributed by atoms with Crippen molar-refractivity contribution in [3.8, 4) is 12.1 Å². The number of hydrogen-bond acceptors (Lipinski definition) is 4. The maximum Gasteiger partial charge on any atom is 0.102 e. The second-order valence-corrected chi connectivity index (χ2v) is 3.77. The average molecular weight is 234 g/mol. The molecule has 0 saturated heterocycles. The van der Waals surface area contributed by atoms with Crippen LogP contribution in [0, 0.1) is 29.6 Å². The molecule has 0 unspecified atom stereocenters. The van der Waals surface area contributed by atoms with E-state index in [2.05, 4.69) is 22.4 Å². The molecular weight excluding hydrogens is 224 g/mol. The molecule has 1 heterocycles. The molecule has 4 nitrogen and oxygen atoms in total. The monoisotopic (exact) mass is 234 g/mol. The van der Waals surface area contributed by atoms with E-state index in [0.717, 1.165) is 5.56 Å². The SMILES string of the molecule is Cc1cccc(Nc2cnccc2C#N)c1C#N. The van der Waals surface area contributed by atoms with Gasteiger partial charge in [-0.25, -0.2) is 0 Å². The van der Waals surface area contributed by atoms with Gasteiger partial charge in [0.15, 0.2) is 0 Å². The number of rotatable bonds is 2. The molecule has 2 aromatic rings. The van der Waals surface area contributed by atoms with Crippen molar-refractivity contribution in [2.75, 3.05) is 5.32 Å². The fraction of sp³-hybridized carbons (Fsp3) is 0.0714. The van der Waals surface area contributed by atoms with Crippen molar-refractivity contribution in [2.45, 2.75) is 6.92 Å². The van der Waals surface area contributed by atoms with Gasteiger partial charge in [-0.2, -0.15) is 10.5 Å². The number of benzene rings is 1. The van der Waals surface area contributed by atoms with Crippen molar-refractivity contribution in [1.82, 2.24) is 4.98 Å². The van der Waals surface area contributed by atoms with Crippen LogP contribution < -0.4 is 5.32 Å². The zero-order chi connectivity index (χ0) is 13.0. The number of nitriles is 2. The van der Waals surface area contributed by atoms with E-state index in [4.69, 9.17) is 10.5 Å². The lowest BCUT2D eigenvalue weighted by molar-refractivity contribution is 1.30. The topological polar surface area (TPSA) is 72.5 Å². The van der Waals surface area contributed by atoms with Crippen molar-refractivity contribution in [1.29, 1.82) is 10.5 Å². The second-order valence-electron chi connectivity index (χ2n) is 3.77. The van der Waals surface area contributed by atoms with Crippen LogP contribution in [0.5, 0.6) is 0 Å². The summed E-state index contributed by atoms with van der Waals surface area (Å²) >= 11 is 0. The van der Waals surface area contributed by atoms with E-state index < -0.39 is 0 Å². The van der Waals surface area contributed by atoms with Crippen LogP contribution in [0.15, 0.2) is 36.7 Å². The summed E-state index contributed by atoms with van der Waals surface area (Å²) in [6.07, 6.45) is 3.13. The Labute approximate surface area is 105 Å². The standard InChI is InChI=1S/C14H10N4/c1-10-3-2-4-13(12(10)8-16)18-14-9-17-6-5-11(14)7-15/h2-6,9,18H,1H3. The largest absolute Gasteiger partial charge is 0.352 e. The minimum atomic E-state index is 0.496. The average Bonchev–Trinajstić information content (AvgIpc) is 2.40. The molecule has 0 amide bonds. The van der Waals surface area contributed by atoms with Crippen molar-refractivity contribution in [3.05, 3.63) is 53.3 Å². The van der Waals surface area contributed by atoms with Crippen molar-refractivity contribution in [3.63, 3.8) is 0 Å². The highest BCUT2D eigenvalue weighted by Gasteiger charge is 2.07. The molecule has 0 spiro atoms. The molecular formula is C14H10N4. The molecule has 86 valence electrons. The van der Waals surface area contributed by atoms with Crippen LogP contribution >= 0.6 is 0 Å². The summed E-state index contributed by atoms with van der Waals surface area (Å²) in [6.45, 7) is 1.87. The molecule has 2 rings (SSSR count). The third kappa shape index (κ3) is 2.14. The smallest absolute Gasteiger partial charge is 0.102 e. The van der Waals surface area contributed by atoms with Gasteiger partial charge in [0.25, 0.3) is 0 Å². The molecule has 0 aliphatic carbocycles. The van der Waals surface area contributed by atoms with Crippen molar-refractivity contribution < 1.29 is 0 Å². The summed E-state index contributed by atoms with van der Waals surface area (Å²) < 4.78 is 0. The lowest BCUT2D eigenvalue weighted by Gasteiger charge is -2.10. The third-order valence-corrected chi connectivity index (χ3v) is 2.60. The van der Waals surface area contributed by atoms with Crippen LogP contribution in [0.2, 0.25) is 0 Å². The minimum absolute atomic E-state index is 0.496. The van der Waals surface area contributed by atoms with Crippen LogP contribution in [0.1, 0.15) is 16.7 Å². The minimum Gasteiger partial charge on any atom is -0.352 e. The van der Waals surface area contributed by atoms with Gasteiger partial charge in [0.1, 0.15) is 12.1 Å². The molecule has 18 heavy (non-hydrogen) atoms. The van der Waals surface area contributed by atoms with Crippen LogP contribution in [0.3, 0.4) is 0 Å². The fourth-order valence-electron chi connectivity index (χ4n) is 1.66. The first-order chi connectivity index (χ1) is 8.76. The highest BCUT2D eigenvalue weighted by Crippen LogP contribution is 2.24. The third-order valence-electron chi connectivity index (χ3n) is 2.60. The van der Waals surface area contributed by atoms with Gasteiger partial charge in [-0.15, -0.1) is 0 Å². The predicted molar refractivity (Wildman–Crippen MR) is 68.1 cm³/mol. The lowest BCUT2D eigenvalue weighted by Crippen LogP contribution is -1.98. The molecule has 0 fully saturated rings. The van der Waals surface area contributed by atoms with Gasteiger partial charge in [-0.05, 0) is 24.6 Å². The van der Waals surface area contributed by atoms with Gasteiger partial charge in [-0.3, -0.25) is 4.98 Å². The maximum absolute atomic E-state index is 9.13. The van der Waals surface area contributed by atoms with E-state index >= 15 is 0 Å². The summed E-state index contributed by atoms with van der Waals surface area (Å²) in [5.41, 5.74) is 3.25. The summed E-state index contributed by atoms with van der Waals surface area (Å²) in [7, 11) is 0. The number of anilines is 2. The molecule has 0 aliphatic rings. The van der Waals surface area contributed by atoms with Gasteiger partial charge in [0.2, 0.25) is 0 Å². The molecule has 0 bridgehead atoms. The Morgan fingerprint density at radius 2 is 1.94 bits per heavy atom. The molecule has 1 N–H and O–H groups in total. The summed E-state index contributed by atoms with van der Waals surface area (Å²) in [6, 6.07) is 11.4. The van der Waals surface area contributed by atoms with Crippen LogP contribution in [-0.4, -0.2) is 4.98 Å². The number of aryl methyl sites for hydroxylation is 1. The first-order valence-electron chi connectivity index (χ1n) is 5.37. The fourth-order valence-corrected chi connectivity index (χ4v) is 1.66. The molecule has 1 aromatic carbocycles. The molecule has 0 aliphatic heterocycles. The van der Waals surface area contributed by atoms with Gasteiger partial charge in [0.05, 0.1) is 28.7 Å². The summed E-state index contributed by atoms with van der Waals surface area (Å²) in [5, 5.41) is 21.2. The summed E-state index contributed by atoms with van der Waals surface area (Å²) in [4.78, 5) is 3.97. The normalized spacial score (nSPS) is 9.28. The Balaban J connectivity index is 2.45. The summed E-state index contributed by atoms with van der Waals surface area (Å²) in [5.74, 6) is 0. The Bertz CT molecular complexity index is 662. The van der Waals surface area contributed by atoms with Gasteiger partial charge < -0.3 is 5.32 Å². The Hall–Kier alpha value is -2.85. The van der Waals surface area contributed by atoms with Gasteiger partial charge >= 0.3 is 0 Å². The second kappa shape index (κ2) is 4.99. The van der Waals surface area contributed by atoms with E-state index in [1.807, 2.05) is 19.1 Å². The van der Waals surface area contributed by atoms with Crippen LogP contribution in [0.25, 0.3) is 0 Å². The van der Waals surface area contributed by atoms with E-state index in [1.165, 1.54) is 0 Å². The Morgan fingerprint density at radius 3 is 2.67 bits per heavy atom. The molecule has 0 atom stereocenters.